The van der Waals surface area contributed by atoms with E-state index in [1.54, 1.807) is 12.1 Å². The molecule has 1 aliphatic rings. The number of rotatable bonds is 5. The minimum atomic E-state index is -3.61. The van der Waals surface area contributed by atoms with Crippen molar-refractivity contribution in [2.45, 2.75) is 38.5 Å². The fourth-order valence-corrected chi connectivity index (χ4v) is 4.82. The molecule has 0 amide bonds. The SMILES string of the molecule is Cc1ccc(S(=O)(=O)N(CC#Cc2ccccc2)CC2=CCC(C)C(C)C2)cc1. The first-order chi connectivity index (χ1) is 13.9. The summed E-state index contributed by atoms with van der Waals surface area (Å²) in [5, 5.41) is 0. The monoisotopic (exact) mass is 407 g/mol. The Hall–Kier alpha value is -2.35. The summed E-state index contributed by atoms with van der Waals surface area (Å²) in [5.41, 5.74) is 3.12. The molecular weight excluding hydrogens is 378 g/mol. The van der Waals surface area contributed by atoms with Crippen molar-refractivity contribution in [1.82, 2.24) is 4.31 Å². The van der Waals surface area contributed by atoms with Gasteiger partial charge < -0.3 is 0 Å². The topological polar surface area (TPSA) is 37.4 Å². The molecule has 3 rings (SSSR count). The van der Waals surface area contributed by atoms with E-state index in [1.165, 1.54) is 9.88 Å². The Balaban J connectivity index is 1.86. The summed E-state index contributed by atoms with van der Waals surface area (Å²) in [6.45, 7) is 7.02. The maximum atomic E-state index is 13.3. The lowest BCUT2D eigenvalue weighted by atomic mass is 9.82. The molecule has 1 aliphatic carbocycles. The Labute approximate surface area is 175 Å². The fraction of sp³-hybridized carbons (Fsp3) is 0.360. The van der Waals surface area contributed by atoms with Crippen molar-refractivity contribution >= 4 is 10.0 Å². The van der Waals surface area contributed by atoms with E-state index in [-0.39, 0.29) is 6.54 Å². The summed E-state index contributed by atoms with van der Waals surface area (Å²) >= 11 is 0. The van der Waals surface area contributed by atoms with E-state index in [2.05, 4.69) is 31.8 Å². The molecule has 0 saturated heterocycles. The van der Waals surface area contributed by atoms with E-state index in [9.17, 15) is 8.42 Å². The molecule has 2 atom stereocenters. The molecule has 0 aromatic heterocycles. The van der Waals surface area contributed by atoms with Gasteiger partial charge in [-0.1, -0.05) is 73.2 Å². The summed E-state index contributed by atoms with van der Waals surface area (Å²) in [7, 11) is -3.61. The van der Waals surface area contributed by atoms with E-state index >= 15 is 0 Å². The van der Waals surface area contributed by atoms with Crippen LogP contribution in [0.1, 0.15) is 37.8 Å². The Bertz CT molecular complexity index is 1010. The van der Waals surface area contributed by atoms with Gasteiger partial charge in [0.2, 0.25) is 10.0 Å². The molecule has 0 heterocycles. The second kappa shape index (κ2) is 9.43. The van der Waals surface area contributed by atoms with Crippen LogP contribution in [0.25, 0.3) is 0 Å². The van der Waals surface area contributed by atoms with Gasteiger partial charge in [0.1, 0.15) is 0 Å². The highest BCUT2D eigenvalue weighted by atomic mass is 32.2. The highest BCUT2D eigenvalue weighted by Gasteiger charge is 2.27. The van der Waals surface area contributed by atoms with Crippen LogP contribution >= 0.6 is 0 Å². The van der Waals surface area contributed by atoms with Gasteiger partial charge in [0, 0.05) is 12.1 Å². The highest BCUT2D eigenvalue weighted by Crippen LogP contribution is 2.30. The molecule has 3 nitrogen and oxygen atoms in total. The van der Waals surface area contributed by atoms with E-state index < -0.39 is 10.0 Å². The smallest absolute Gasteiger partial charge is 0.207 e. The number of allylic oxidation sites excluding steroid dienone is 1. The van der Waals surface area contributed by atoms with Crippen LogP contribution in [0.15, 0.2) is 71.1 Å². The van der Waals surface area contributed by atoms with Gasteiger partial charge in [-0.05, 0) is 55.9 Å². The van der Waals surface area contributed by atoms with E-state index in [0.29, 0.717) is 23.3 Å². The van der Waals surface area contributed by atoms with Crippen LogP contribution < -0.4 is 0 Å². The third-order valence-corrected chi connectivity index (χ3v) is 7.44. The van der Waals surface area contributed by atoms with Crippen LogP contribution in [-0.2, 0) is 10.0 Å². The van der Waals surface area contributed by atoms with Crippen LogP contribution in [0.5, 0.6) is 0 Å². The number of hydrogen-bond acceptors (Lipinski definition) is 2. The van der Waals surface area contributed by atoms with E-state index in [0.717, 1.165) is 24.0 Å². The van der Waals surface area contributed by atoms with Gasteiger partial charge in [-0.2, -0.15) is 4.31 Å². The summed E-state index contributed by atoms with van der Waals surface area (Å²) < 4.78 is 28.2. The predicted octanol–water partition coefficient (Wildman–Crippen LogP) is 5.03. The first-order valence-corrected chi connectivity index (χ1v) is 11.6. The van der Waals surface area contributed by atoms with Crippen LogP contribution in [0.4, 0.5) is 0 Å². The molecule has 4 heteroatoms. The summed E-state index contributed by atoms with van der Waals surface area (Å²) in [6, 6.07) is 16.7. The largest absolute Gasteiger partial charge is 0.244 e. The molecule has 0 aliphatic heterocycles. The number of aryl methyl sites for hydroxylation is 1. The van der Waals surface area contributed by atoms with Crippen LogP contribution in [-0.4, -0.2) is 25.8 Å². The van der Waals surface area contributed by atoms with Crippen LogP contribution in [0.3, 0.4) is 0 Å². The Morgan fingerprint density at radius 1 is 1.00 bits per heavy atom. The maximum Gasteiger partial charge on any atom is 0.244 e. The number of sulfonamides is 1. The Kier molecular flexibility index (Phi) is 6.95. The molecule has 0 fully saturated rings. The lowest BCUT2D eigenvalue weighted by Crippen LogP contribution is -2.34. The minimum Gasteiger partial charge on any atom is -0.207 e. The molecule has 2 unspecified atom stereocenters. The molecule has 0 bridgehead atoms. The lowest BCUT2D eigenvalue weighted by molar-refractivity contribution is 0.355. The average molecular weight is 408 g/mol. The maximum absolute atomic E-state index is 13.3. The molecule has 0 spiro atoms. The summed E-state index contributed by atoms with van der Waals surface area (Å²) in [5.74, 6) is 7.36. The zero-order valence-electron chi connectivity index (χ0n) is 17.4. The third-order valence-electron chi connectivity index (χ3n) is 5.63. The molecule has 152 valence electrons. The lowest BCUT2D eigenvalue weighted by Gasteiger charge is -2.29. The zero-order valence-corrected chi connectivity index (χ0v) is 18.2. The summed E-state index contributed by atoms with van der Waals surface area (Å²) in [4.78, 5) is 0.322. The number of benzene rings is 2. The van der Waals surface area contributed by atoms with Gasteiger partial charge in [0.05, 0.1) is 11.4 Å². The molecular formula is C25H29NO2S. The van der Waals surface area contributed by atoms with E-state index in [4.69, 9.17) is 0 Å². The highest BCUT2D eigenvalue weighted by molar-refractivity contribution is 7.89. The Morgan fingerprint density at radius 3 is 2.34 bits per heavy atom. The van der Waals surface area contributed by atoms with Crippen molar-refractivity contribution in [1.29, 1.82) is 0 Å². The molecule has 0 radical (unpaired) electrons. The van der Waals surface area contributed by atoms with Crippen molar-refractivity contribution in [3.8, 4) is 11.8 Å². The summed E-state index contributed by atoms with van der Waals surface area (Å²) in [6.07, 6.45) is 4.16. The van der Waals surface area contributed by atoms with Gasteiger partial charge in [0.15, 0.2) is 0 Å². The van der Waals surface area contributed by atoms with Crippen molar-refractivity contribution in [2.75, 3.05) is 13.1 Å². The number of nitrogens with zero attached hydrogens (tertiary/aromatic N) is 1. The van der Waals surface area contributed by atoms with Crippen LogP contribution in [0, 0.1) is 30.6 Å². The van der Waals surface area contributed by atoms with Gasteiger partial charge in [0.25, 0.3) is 0 Å². The zero-order chi connectivity index (χ0) is 20.9. The molecule has 2 aromatic rings. The van der Waals surface area contributed by atoms with Gasteiger partial charge in [-0.25, -0.2) is 8.42 Å². The molecule has 0 saturated carbocycles. The Morgan fingerprint density at radius 2 is 1.69 bits per heavy atom. The first kappa shape index (κ1) is 21.4. The van der Waals surface area contributed by atoms with Crippen molar-refractivity contribution in [3.05, 3.63) is 77.4 Å². The quantitative estimate of drug-likeness (QED) is 0.515. The molecule has 29 heavy (non-hydrogen) atoms. The second-order valence-electron chi connectivity index (χ2n) is 8.01. The van der Waals surface area contributed by atoms with Crippen molar-refractivity contribution in [2.24, 2.45) is 11.8 Å². The standard InChI is InChI=1S/C25H29NO2S/c1-20-11-15-25(16-12-20)29(27,28)26(17-7-10-23-8-5-4-6-9-23)19-24-14-13-21(2)22(3)18-24/h4-6,8-9,11-12,14-16,21-22H,13,17-19H2,1-3H3. The van der Waals surface area contributed by atoms with E-state index in [1.807, 2.05) is 49.4 Å². The van der Waals surface area contributed by atoms with Crippen molar-refractivity contribution in [3.63, 3.8) is 0 Å². The van der Waals surface area contributed by atoms with Crippen LogP contribution in [0.2, 0.25) is 0 Å². The first-order valence-electron chi connectivity index (χ1n) is 10.1. The normalized spacial score (nSPS) is 19.4. The molecule has 0 N–H and O–H groups in total. The fourth-order valence-electron chi connectivity index (χ4n) is 3.47. The number of hydrogen-bond donors (Lipinski definition) is 0. The predicted molar refractivity (Wildman–Crippen MR) is 119 cm³/mol. The van der Waals surface area contributed by atoms with Gasteiger partial charge >= 0.3 is 0 Å². The van der Waals surface area contributed by atoms with Gasteiger partial charge in [-0.15, -0.1) is 0 Å². The third kappa shape index (κ3) is 5.59. The minimum absolute atomic E-state index is 0.173. The van der Waals surface area contributed by atoms with Gasteiger partial charge in [-0.3, -0.25) is 0 Å². The molecule has 2 aromatic carbocycles. The average Bonchev–Trinajstić information content (AvgIpc) is 2.71. The van der Waals surface area contributed by atoms with Crippen molar-refractivity contribution < 1.29 is 8.42 Å². The second-order valence-corrected chi connectivity index (χ2v) is 9.95.